The molecule has 2 aromatic carbocycles. The molecule has 0 aliphatic heterocycles. The summed E-state index contributed by atoms with van der Waals surface area (Å²) in [7, 11) is 0. The van der Waals surface area contributed by atoms with E-state index in [9.17, 15) is 9.59 Å². The number of hydrogen-bond donors (Lipinski definition) is 2. The first-order valence-electron chi connectivity index (χ1n) is 8.20. The number of hydrogen-bond acceptors (Lipinski definition) is 6. The van der Waals surface area contributed by atoms with Crippen LogP contribution in [0.3, 0.4) is 0 Å². The van der Waals surface area contributed by atoms with E-state index in [2.05, 4.69) is 20.8 Å². The Morgan fingerprint density at radius 3 is 2.52 bits per heavy atom. The maximum absolute atomic E-state index is 12.2. The second-order valence-corrected chi connectivity index (χ2v) is 8.10. The number of nitrogens with one attached hydrogen (secondary N) is 2. The molecule has 3 rings (SSSR count). The maximum Gasteiger partial charge on any atom is 0.257 e. The Hall–Kier alpha value is -2.71. The summed E-state index contributed by atoms with van der Waals surface area (Å²) < 4.78 is 0.619. The van der Waals surface area contributed by atoms with Gasteiger partial charge in [-0.1, -0.05) is 58.5 Å². The third-order valence-electron chi connectivity index (χ3n) is 3.57. The summed E-state index contributed by atoms with van der Waals surface area (Å²) in [6, 6.07) is 14.9. The predicted octanol–water partition coefficient (Wildman–Crippen LogP) is 4.14. The van der Waals surface area contributed by atoms with Crippen molar-refractivity contribution in [3.8, 4) is 0 Å². The van der Waals surface area contributed by atoms with E-state index >= 15 is 0 Å². The summed E-state index contributed by atoms with van der Waals surface area (Å²) in [4.78, 5) is 24.3. The summed E-state index contributed by atoms with van der Waals surface area (Å²) in [6.07, 6.45) is 0. The van der Waals surface area contributed by atoms with Gasteiger partial charge in [-0.15, -0.1) is 10.2 Å². The molecular weight excluding hydrogens is 380 g/mol. The fourth-order valence-electron chi connectivity index (χ4n) is 2.24. The zero-order chi connectivity index (χ0) is 19.2. The number of carbonyl (C=O) groups is 2. The van der Waals surface area contributed by atoms with E-state index < -0.39 is 0 Å². The molecule has 8 heteroatoms. The molecule has 3 aromatic rings. The van der Waals surface area contributed by atoms with Crippen LogP contribution >= 0.6 is 23.1 Å². The fourth-order valence-corrected chi connectivity index (χ4v) is 3.78. The molecule has 0 aliphatic carbocycles. The van der Waals surface area contributed by atoms with Crippen molar-refractivity contribution in [3.05, 3.63) is 65.2 Å². The topological polar surface area (TPSA) is 84.0 Å². The van der Waals surface area contributed by atoms with E-state index in [-0.39, 0.29) is 17.6 Å². The summed E-state index contributed by atoms with van der Waals surface area (Å²) in [5.41, 5.74) is 3.47. The first-order chi connectivity index (χ1) is 13.0. The molecule has 0 unspecified atom stereocenters. The molecule has 0 saturated carbocycles. The molecule has 0 radical (unpaired) electrons. The Morgan fingerprint density at radius 1 is 1.00 bits per heavy atom. The van der Waals surface area contributed by atoms with Gasteiger partial charge in [0.15, 0.2) is 4.34 Å². The Bertz CT molecular complexity index is 954. The van der Waals surface area contributed by atoms with Crippen molar-refractivity contribution in [2.45, 2.75) is 18.2 Å². The van der Waals surface area contributed by atoms with Crippen molar-refractivity contribution in [1.82, 2.24) is 10.2 Å². The molecule has 0 bridgehead atoms. The number of nitrogens with zero attached hydrogens (tertiary/aromatic N) is 2. The van der Waals surface area contributed by atoms with Crippen LogP contribution in [0.25, 0.3) is 0 Å². The fraction of sp³-hybridized carbons (Fsp3) is 0.158. The van der Waals surface area contributed by atoms with Gasteiger partial charge in [-0.05, 0) is 38.1 Å². The summed E-state index contributed by atoms with van der Waals surface area (Å²) in [5.74, 6) is -0.137. The van der Waals surface area contributed by atoms with Gasteiger partial charge in [0.05, 0.1) is 5.75 Å². The van der Waals surface area contributed by atoms with E-state index in [0.717, 1.165) is 16.8 Å². The standard InChI is InChI=1S/C19H18N4O2S2/c1-12-6-8-15(9-7-12)20-16(24)11-26-19-23-22-18(27-19)21-17(25)14-5-3-4-13(2)10-14/h3-10H,11H2,1-2H3,(H,20,24)(H,21,22,25). The Labute approximate surface area is 165 Å². The lowest BCUT2D eigenvalue weighted by Gasteiger charge is -2.04. The minimum absolute atomic E-state index is 0.121. The first-order valence-corrected chi connectivity index (χ1v) is 10.0. The predicted molar refractivity (Wildman–Crippen MR) is 110 cm³/mol. The summed E-state index contributed by atoms with van der Waals surface area (Å²) >= 11 is 2.52. The van der Waals surface area contributed by atoms with Gasteiger partial charge in [-0.25, -0.2) is 0 Å². The highest BCUT2D eigenvalue weighted by atomic mass is 32.2. The van der Waals surface area contributed by atoms with Crippen molar-refractivity contribution in [3.63, 3.8) is 0 Å². The van der Waals surface area contributed by atoms with Crippen molar-refractivity contribution in [1.29, 1.82) is 0 Å². The maximum atomic E-state index is 12.2. The number of rotatable bonds is 6. The zero-order valence-electron chi connectivity index (χ0n) is 14.9. The molecule has 6 nitrogen and oxygen atoms in total. The molecular formula is C19H18N4O2S2. The molecule has 0 spiro atoms. The molecule has 2 amide bonds. The number of anilines is 2. The van der Waals surface area contributed by atoms with Crippen LogP contribution in [0.1, 0.15) is 21.5 Å². The number of amides is 2. The minimum atomic E-state index is -0.233. The lowest BCUT2D eigenvalue weighted by molar-refractivity contribution is -0.113. The highest BCUT2D eigenvalue weighted by Gasteiger charge is 2.12. The number of aryl methyl sites for hydroxylation is 2. The summed E-state index contributed by atoms with van der Waals surface area (Å²) in [6.45, 7) is 3.92. The monoisotopic (exact) mass is 398 g/mol. The molecule has 2 N–H and O–H groups in total. The molecule has 1 aromatic heterocycles. The van der Waals surface area contributed by atoms with Gasteiger partial charge in [-0.2, -0.15) is 0 Å². The number of carbonyl (C=O) groups excluding carboxylic acids is 2. The Morgan fingerprint density at radius 2 is 1.78 bits per heavy atom. The minimum Gasteiger partial charge on any atom is -0.325 e. The van der Waals surface area contributed by atoms with Crippen LogP contribution in [0, 0.1) is 13.8 Å². The van der Waals surface area contributed by atoms with Crippen LogP contribution in [-0.4, -0.2) is 27.8 Å². The molecule has 0 aliphatic rings. The average Bonchev–Trinajstić information content (AvgIpc) is 3.09. The quantitative estimate of drug-likeness (QED) is 0.482. The molecule has 0 atom stereocenters. The van der Waals surface area contributed by atoms with Crippen LogP contribution in [0.5, 0.6) is 0 Å². The van der Waals surface area contributed by atoms with Crippen molar-refractivity contribution in [2.24, 2.45) is 0 Å². The molecule has 0 fully saturated rings. The zero-order valence-corrected chi connectivity index (χ0v) is 16.5. The van der Waals surface area contributed by atoms with Crippen LogP contribution in [-0.2, 0) is 4.79 Å². The second kappa shape index (κ2) is 8.79. The SMILES string of the molecule is Cc1ccc(NC(=O)CSc2nnc(NC(=O)c3cccc(C)c3)s2)cc1. The summed E-state index contributed by atoms with van der Waals surface area (Å²) in [5, 5.41) is 13.9. The van der Waals surface area contributed by atoms with Gasteiger partial charge in [0, 0.05) is 11.3 Å². The Balaban J connectivity index is 1.51. The highest BCUT2D eigenvalue weighted by molar-refractivity contribution is 8.01. The largest absolute Gasteiger partial charge is 0.325 e. The Kier molecular flexibility index (Phi) is 6.20. The van der Waals surface area contributed by atoms with Crippen LogP contribution in [0.15, 0.2) is 52.9 Å². The second-order valence-electron chi connectivity index (χ2n) is 5.90. The normalized spacial score (nSPS) is 10.4. The number of thioether (sulfide) groups is 1. The molecule has 138 valence electrons. The van der Waals surface area contributed by atoms with Gasteiger partial charge in [0.1, 0.15) is 0 Å². The third kappa shape index (κ3) is 5.63. The number of aromatic nitrogens is 2. The van der Waals surface area contributed by atoms with E-state index in [1.165, 1.54) is 23.1 Å². The van der Waals surface area contributed by atoms with Gasteiger partial charge in [0.2, 0.25) is 11.0 Å². The lowest BCUT2D eigenvalue weighted by Crippen LogP contribution is -2.13. The average molecular weight is 399 g/mol. The van der Waals surface area contributed by atoms with Crippen LogP contribution < -0.4 is 10.6 Å². The van der Waals surface area contributed by atoms with E-state index in [1.54, 1.807) is 12.1 Å². The van der Waals surface area contributed by atoms with E-state index in [0.29, 0.717) is 15.0 Å². The smallest absolute Gasteiger partial charge is 0.257 e. The van der Waals surface area contributed by atoms with Crippen molar-refractivity contribution in [2.75, 3.05) is 16.4 Å². The molecule has 1 heterocycles. The van der Waals surface area contributed by atoms with Gasteiger partial charge < -0.3 is 5.32 Å². The third-order valence-corrected chi connectivity index (χ3v) is 5.54. The van der Waals surface area contributed by atoms with E-state index in [1.807, 2.05) is 50.2 Å². The van der Waals surface area contributed by atoms with Crippen molar-refractivity contribution >= 4 is 45.7 Å². The molecule has 27 heavy (non-hydrogen) atoms. The van der Waals surface area contributed by atoms with Gasteiger partial charge in [0.25, 0.3) is 5.91 Å². The molecule has 0 saturated heterocycles. The van der Waals surface area contributed by atoms with Gasteiger partial charge in [-0.3, -0.25) is 14.9 Å². The lowest BCUT2D eigenvalue weighted by atomic mass is 10.1. The number of benzene rings is 2. The van der Waals surface area contributed by atoms with Crippen molar-refractivity contribution < 1.29 is 9.59 Å². The first kappa shape index (κ1) is 19.1. The highest BCUT2D eigenvalue weighted by Crippen LogP contribution is 2.26. The van der Waals surface area contributed by atoms with Crippen LogP contribution in [0.4, 0.5) is 10.8 Å². The van der Waals surface area contributed by atoms with E-state index in [4.69, 9.17) is 0 Å². The van der Waals surface area contributed by atoms with Gasteiger partial charge >= 0.3 is 0 Å². The van der Waals surface area contributed by atoms with Crippen LogP contribution in [0.2, 0.25) is 0 Å².